The molecule has 2 amide bonds. The third kappa shape index (κ3) is 4.69. The van der Waals surface area contributed by atoms with E-state index in [0.29, 0.717) is 16.9 Å². The predicted molar refractivity (Wildman–Crippen MR) is 100 cm³/mol. The molecule has 6 heteroatoms. The Morgan fingerprint density at radius 1 is 1.08 bits per heavy atom. The lowest BCUT2D eigenvalue weighted by molar-refractivity contribution is -0.120. The first kappa shape index (κ1) is 19.2. The van der Waals surface area contributed by atoms with Crippen LogP contribution in [-0.4, -0.2) is 31.4 Å². The van der Waals surface area contributed by atoms with Crippen molar-refractivity contribution in [3.63, 3.8) is 0 Å². The molecule has 2 aromatic rings. The molecule has 0 atom stereocenters. The van der Waals surface area contributed by atoms with Gasteiger partial charge in [-0.15, -0.1) is 0 Å². The van der Waals surface area contributed by atoms with Crippen LogP contribution in [0.15, 0.2) is 42.5 Å². The Balaban J connectivity index is 2.19. The van der Waals surface area contributed by atoms with Crippen LogP contribution in [0.4, 0.5) is 11.4 Å². The molecule has 2 rings (SSSR count). The van der Waals surface area contributed by atoms with E-state index in [1.54, 1.807) is 18.2 Å². The highest BCUT2D eigenvalue weighted by Crippen LogP contribution is 2.19. The summed E-state index contributed by atoms with van der Waals surface area (Å²) >= 11 is 0. The van der Waals surface area contributed by atoms with E-state index in [4.69, 9.17) is 4.74 Å². The van der Waals surface area contributed by atoms with Gasteiger partial charge in [-0.3, -0.25) is 9.59 Å². The van der Waals surface area contributed by atoms with Gasteiger partial charge in [-0.1, -0.05) is 23.8 Å². The minimum Gasteiger partial charge on any atom is -0.465 e. The monoisotopic (exact) mass is 354 g/mol. The van der Waals surface area contributed by atoms with E-state index in [1.807, 2.05) is 32.0 Å². The summed E-state index contributed by atoms with van der Waals surface area (Å²) in [7, 11) is 1.29. The molecular formula is C20H22N2O4. The number of amides is 2. The van der Waals surface area contributed by atoms with Crippen molar-refractivity contribution in [1.82, 2.24) is 0 Å². The molecule has 0 aliphatic heterocycles. The molecule has 6 nitrogen and oxygen atoms in total. The van der Waals surface area contributed by atoms with Gasteiger partial charge in [0.05, 0.1) is 12.7 Å². The Kier molecular flexibility index (Phi) is 6.11. The van der Waals surface area contributed by atoms with Crippen LogP contribution in [0.3, 0.4) is 0 Å². The number of nitrogens with one attached hydrogen (secondary N) is 1. The average molecular weight is 354 g/mol. The molecule has 0 saturated carbocycles. The first-order chi connectivity index (χ1) is 12.3. The van der Waals surface area contributed by atoms with Crippen molar-refractivity contribution < 1.29 is 19.1 Å². The summed E-state index contributed by atoms with van der Waals surface area (Å²) in [4.78, 5) is 37.4. The van der Waals surface area contributed by atoms with Crippen LogP contribution < -0.4 is 10.2 Å². The van der Waals surface area contributed by atoms with E-state index in [-0.39, 0.29) is 18.4 Å². The molecule has 26 heavy (non-hydrogen) atoms. The molecule has 0 saturated heterocycles. The molecular weight excluding hydrogens is 332 g/mol. The van der Waals surface area contributed by atoms with Crippen molar-refractivity contribution in [2.24, 2.45) is 0 Å². The Hall–Kier alpha value is -3.15. The van der Waals surface area contributed by atoms with Crippen LogP contribution in [0.5, 0.6) is 0 Å². The highest BCUT2D eigenvalue weighted by Gasteiger charge is 2.18. The summed E-state index contributed by atoms with van der Waals surface area (Å²) in [6.07, 6.45) is 0. The van der Waals surface area contributed by atoms with Crippen LogP contribution in [0.25, 0.3) is 0 Å². The number of esters is 1. The van der Waals surface area contributed by atoms with Gasteiger partial charge < -0.3 is 15.0 Å². The minimum atomic E-state index is -0.505. The number of methoxy groups -OCH3 is 1. The fourth-order valence-electron chi connectivity index (χ4n) is 2.59. The van der Waals surface area contributed by atoms with Crippen molar-refractivity contribution >= 4 is 29.2 Å². The third-order valence-corrected chi connectivity index (χ3v) is 3.92. The SMILES string of the molecule is COC(=O)c1cccc(N(CC(=O)Nc2ccc(C)cc2C)C(C)=O)c1. The number of hydrogen-bond acceptors (Lipinski definition) is 4. The predicted octanol–water partition coefficient (Wildman–Crippen LogP) is 3.08. The summed E-state index contributed by atoms with van der Waals surface area (Å²) < 4.78 is 4.69. The summed E-state index contributed by atoms with van der Waals surface area (Å²) in [5.41, 5.74) is 3.51. The van der Waals surface area contributed by atoms with Crippen molar-refractivity contribution in [1.29, 1.82) is 0 Å². The zero-order chi connectivity index (χ0) is 19.3. The van der Waals surface area contributed by atoms with E-state index in [9.17, 15) is 14.4 Å². The molecule has 136 valence electrons. The topological polar surface area (TPSA) is 75.7 Å². The molecule has 2 aromatic carbocycles. The van der Waals surface area contributed by atoms with Gasteiger partial charge >= 0.3 is 5.97 Å². The molecule has 0 unspecified atom stereocenters. The summed E-state index contributed by atoms with van der Waals surface area (Å²) in [5.74, 6) is -1.13. The normalized spacial score (nSPS) is 10.2. The van der Waals surface area contributed by atoms with Crippen molar-refractivity contribution in [3.05, 3.63) is 59.2 Å². The van der Waals surface area contributed by atoms with Crippen molar-refractivity contribution in [3.8, 4) is 0 Å². The van der Waals surface area contributed by atoms with Gasteiger partial charge in [0.1, 0.15) is 6.54 Å². The maximum Gasteiger partial charge on any atom is 0.337 e. The number of rotatable bonds is 5. The second kappa shape index (κ2) is 8.29. The Labute approximate surface area is 152 Å². The summed E-state index contributed by atoms with van der Waals surface area (Å²) in [6.45, 7) is 5.10. The van der Waals surface area contributed by atoms with E-state index in [1.165, 1.54) is 25.0 Å². The standard InChI is InChI=1S/C20H22N2O4/c1-13-8-9-18(14(2)10-13)21-19(24)12-22(15(3)23)17-7-5-6-16(11-17)20(25)26-4/h5-11H,12H2,1-4H3,(H,21,24). The second-order valence-corrected chi connectivity index (χ2v) is 6.01. The van der Waals surface area contributed by atoms with Gasteiger partial charge in [0, 0.05) is 18.3 Å². The van der Waals surface area contributed by atoms with Gasteiger partial charge in [-0.05, 0) is 43.7 Å². The maximum absolute atomic E-state index is 12.4. The van der Waals surface area contributed by atoms with Gasteiger partial charge in [-0.25, -0.2) is 4.79 Å². The maximum atomic E-state index is 12.4. The number of aryl methyl sites for hydroxylation is 2. The molecule has 0 aromatic heterocycles. The Morgan fingerprint density at radius 2 is 1.81 bits per heavy atom. The number of carbonyl (C=O) groups excluding carboxylic acids is 3. The zero-order valence-corrected chi connectivity index (χ0v) is 15.3. The van der Waals surface area contributed by atoms with Crippen LogP contribution >= 0.6 is 0 Å². The largest absolute Gasteiger partial charge is 0.465 e. The average Bonchev–Trinajstić information content (AvgIpc) is 2.61. The summed E-state index contributed by atoms with van der Waals surface area (Å²) in [5, 5.41) is 2.82. The first-order valence-electron chi connectivity index (χ1n) is 8.15. The molecule has 0 radical (unpaired) electrons. The third-order valence-electron chi connectivity index (χ3n) is 3.92. The molecule has 0 fully saturated rings. The number of hydrogen-bond donors (Lipinski definition) is 1. The number of ether oxygens (including phenoxy) is 1. The second-order valence-electron chi connectivity index (χ2n) is 6.01. The van der Waals surface area contributed by atoms with E-state index >= 15 is 0 Å². The lowest BCUT2D eigenvalue weighted by Crippen LogP contribution is -2.36. The molecule has 0 aliphatic rings. The van der Waals surface area contributed by atoms with Crippen LogP contribution in [0, 0.1) is 13.8 Å². The molecule has 1 N–H and O–H groups in total. The molecule has 0 aliphatic carbocycles. The molecule has 0 heterocycles. The Morgan fingerprint density at radius 3 is 2.42 bits per heavy atom. The van der Waals surface area contributed by atoms with Crippen molar-refractivity contribution in [2.45, 2.75) is 20.8 Å². The van der Waals surface area contributed by atoms with Gasteiger partial charge in [-0.2, -0.15) is 0 Å². The first-order valence-corrected chi connectivity index (χ1v) is 8.15. The number of carbonyl (C=O) groups is 3. The van der Waals surface area contributed by atoms with Gasteiger partial charge in [0.2, 0.25) is 11.8 Å². The number of nitrogens with zero attached hydrogens (tertiary/aromatic N) is 1. The highest BCUT2D eigenvalue weighted by atomic mass is 16.5. The van der Waals surface area contributed by atoms with Crippen molar-refractivity contribution in [2.75, 3.05) is 23.9 Å². The van der Waals surface area contributed by atoms with Gasteiger partial charge in [0.25, 0.3) is 0 Å². The number of anilines is 2. The zero-order valence-electron chi connectivity index (χ0n) is 15.3. The minimum absolute atomic E-state index is 0.159. The fraction of sp³-hybridized carbons (Fsp3) is 0.250. The number of benzene rings is 2. The van der Waals surface area contributed by atoms with E-state index in [0.717, 1.165) is 11.1 Å². The van der Waals surface area contributed by atoms with Gasteiger partial charge in [0.15, 0.2) is 0 Å². The smallest absolute Gasteiger partial charge is 0.337 e. The lowest BCUT2D eigenvalue weighted by atomic mass is 10.1. The molecule has 0 spiro atoms. The lowest BCUT2D eigenvalue weighted by Gasteiger charge is -2.21. The van der Waals surface area contributed by atoms with Crippen LogP contribution in [0.2, 0.25) is 0 Å². The summed E-state index contributed by atoms with van der Waals surface area (Å²) in [6, 6.07) is 12.1. The highest BCUT2D eigenvalue weighted by molar-refractivity contribution is 6.02. The quantitative estimate of drug-likeness (QED) is 0.837. The van der Waals surface area contributed by atoms with E-state index in [2.05, 4.69) is 5.32 Å². The molecule has 0 bridgehead atoms. The van der Waals surface area contributed by atoms with E-state index < -0.39 is 5.97 Å². The van der Waals surface area contributed by atoms with Crippen LogP contribution in [0.1, 0.15) is 28.4 Å². The van der Waals surface area contributed by atoms with Crippen LogP contribution in [-0.2, 0) is 14.3 Å². The Bertz CT molecular complexity index is 845. The fourth-order valence-corrected chi connectivity index (χ4v) is 2.59.